The van der Waals surface area contributed by atoms with Gasteiger partial charge in [0.05, 0.1) is 0 Å². The Kier molecular flexibility index (Phi) is 75.0. The van der Waals surface area contributed by atoms with Gasteiger partial charge in [-0.1, -0.05) is 0 Å². The second-order valence-corrected chi connectivity index (χ2v) is 16.3. The van der Waals surface area contributed by atoms with E-state index in [0.29, 0.717) is 38.5 Å². The van der Waals surface area contributed by atoms with Crippen LogP contribution < -0.4 is 34.4 Å². The Bertz CT molecular complexity index is 782. The van der Waals surface area contributed by atoms with Gasteiger partial charge in [0.1, 0.15) is 36.3 Å². The van der Waals surface area contributed by atoms with E-state index in [0.717, 1.165) is 34.5 Å². The molecule has 0 fully saturated rings. The van der Waals surface area contributed by atoms with Gasteiger partial charge in [-0.15, -0.1) is 0 Å². The summed E-state index contributed by atoms with van der Waals surface area (Å²) in [6.07, 6.45) is 14.9. The maximum atomic E-state index is 10.1. The van der Waals surface area contributed by atoms with Crippen molar-refractivity contribution in [2.24, 2.45) is 34.4 Å². The fourth-order valence-electron chi connectivity index (χ4n) is 2.21. The maximum absolute atomic E-state index is 10.1. The first kappa shape index (κ1) is 74.7. The third-order valence-electron chi connectivity index (χ3n) is 5.70. The van der Waals surface area contributed by atoms with Crippen molar-refractivity contribution in [2.45, 2.75) is 74.8 Å². The van der Waals surface area contributed by atoms with Crippen molar-refractivity contribution in [2.75, 3.05) is 72.1 Å². The van der Waals surface area contributed by atoms with Crippen molar-refractivity contribution in [1.29, 1.82) is 0 Å². The first-order valence-electron chi connectivity index (χ1n) is 15.9. The van der Waals surface area contributed by atoms with Crippen LogP contribution in [0.25, 0.3) is 0 Å². The van der Waals surface area contributed by atoms with Gasteiger partial charge in [-0.25, -0.2) is 0 Å². The fourth-order valence-corrected chi connectivity index (χ4v) is 5.15. The molecule has 0 heterocycles. The van der Waals surface area contributed by atoms with Crippen LogP contribution in [0.4, 0.5) is 0 Å². The summed E-state index contributed by atoms with van der Waals surface area (Å²) >= 11 is 9.62. The van der Waals surface area contributed by atoms with E-state index in [1.54, 1.807) is 70.6 Å². The molecule has 0 aromatic heterocycles. The number of carboxylic acids is 6. The van der Waals surface area contributed by atoms with E-state index >= 15 is 0 Å². The van der Waals surface area contributed by atoms with Crippen LogP contribution in [0.3, 0.4) is 0 Å². The zero-order valence-corrected chi connectivity index (χ0v) is 44.7. The number of hydrogen-bond acceptors (Lipinski definition) is 18. The minimum atomic E-state index is -0.913. The Hall–Kier alpha value is 1.25. The normalized spacial score (nSPS) is 12.6. The molecule has 0 aliphatic carbocycles. The molecule has 1 radical (unpaired) electrons. The van der Waals surface area contributed by atoms with Gasteiger partial charge >= 0.3 is 35.8 Å². The monoisotopic (exact) mass is 1170 g/mol. The molecule has 0 unspecified atom stereocenters. The topological polar surface area (TPSA) is 380 Å². The van der Waals surface area contributed by atoms with Crippen LogP contribution in [0.2, 0.25) is 0 Å². The average Bonchev–Trinajstić information content (AvgIpc) is 3.12. The minimum Gasteiger partial charge on any atom is -0.480 e. The molecule has 0 aliphatic heterocycles. The molecule has 0 bridgehead atoms. The summed E-state index contributed by atoms with van der Waals surface area (Å²) in [7, 11) is 0. The zero-order chi connectivity index (χ0) is 43.7. The summed E-state index contributed by atoms with van der Waals surface area (Å²) in [4.78, 5) is 60.4. The Morgan fingerprint density at radius 2 is 0.429 bits per heavy atom. The first-order valence-corrected chi connectivity index (χ1v) is 24.3. The van der Waals surface area contributed by atoms with Crippen molar-refractivity contribution in [3.8, 4) is 0 Å². The van der Waals surface area contributed by atoms with Gasteiger partial charge in [-0.05, 0) is 111 Å². The van der Waals surface area contributed by atoms with E-state index in [-0.39, 0.29) is 77.3 Å². The van der Waals surface area contributed by atoms with E-state index in [9.17, 15) is 28.8 Å². The van der Waals surface area contributed by atoms with Gasteiger partial charge in [0, 0.05) is 77.3 Å². The van der Waals surface area contributed by atoms with Crippen molar-refractivity contribution in [3.63, 3.8) is 0 Å². The van der Waals surface area contributed by atoms with Crippen LogP contribution in [-0.2, 0) is 28.8 Å². The molecule has 0 aliphatic rings. The Morgan fingerprint density at radius 3 is 0.482 bits per heavy atom. The van der Waals surface area contributed by atoms with Crippen LogP contribution >= 0.6 is 70.6 Å². The average molecular weight is 1170 g/mol. The molecule has 0 spiro atoms. The number of thioether (sulfide) groups is 6. The molecule has 0 aromatic rings. The number of hydrogen-bond donors (Lipinski definition) is 12. The van der Waals surface area contributed by atoms with Gasteiger partial charge < -0.3 is 65.0 Å². The van der Waals surface area contributed by atoms with Crippen molar-refractivity contribution in [1.82, 2.24) is 0 Å². The molecule has 18 nitrogen and oxygen atoms in total. The van der Waals surface area contributed by atoms with Gasteiger partial charge in [0.15, 0.2) is 0 Å². The van der Waals surface area contributed by atoms with Crippen LogP contribution in [0.15, 0.2) is 0 Å². The standard InChI is InChI=1S/6C5H11NO2S.Ce.La/c6*1-9-3-2-4(6)5(7)8;;/h6*4H,2-3,6H2,1H3,(H,7,8);;/t6*4-;;/m000000../s1. The van der Waals surface area contributed by atoms with E-state index in [2.05, 4.69) is 0 Å². The van der Waals surface area contributed by atoms with Crippen LogP contribution in [0, 0.1) is 77.3 Å². The van der Waals surface area contributed by atoms with Gasteiger partial charge in [0.2, 0.25) is 0 Å². The maximum Gasteiger partial charge on any atom is 0.320 e. The minimum absolute atomic E-state index is 0. The molecule has 0 amide bonds. The van der Waals surface area contributed by atoms with E-state index < -0.39 is 72.1 Å². The summed E-state index contributed by atoms with van der Waals surface area (Å²) in [6.45, 7) is 0. The second-order valence-electron chi connectivity index (χ2n) is 10.4. The number of nitrogens with two attached hydrogens (primary N) is 6. The van der Waals surface area contributed by atoms with Crippen molar-refractivity contribution in [3.05, 3.63) is 0 Å². The molecule has 0 saturated heterocycles. The SMILES string of the molecule is CSCC[C@H](N)C(=O)O.CSCC[C@H](N)C(=O)O.CSCC[C@H](N)C(=O)O.CSCC[C@H](N)C(=O)O.CSCC[C@H](N)C(=O)O.CSCC[C@H](N)C(=O)O.[Ce].[La]. The fraction of sp³-hybridized carbons (Fsp3) is 0.800. The number of rotatable bonds is 24. The van der Waals surface area contributed by atoms with Gasteiger partial charge in [-0.3, -0.25) is 28.8 Å². The molecule has 18 N–H and O–H groups in total. The second kappa shape index (κ2) is 56.3. The van der Waals surface area contributed by atoms with E-state index in [4.69, 9.17) is 65.0 Å². The zero-order valence-electron chi connectivity index (χ0n) is 33.1. The van der Waals surface area contributed by atoms with Gasteiger partial charge in [-0.2, -0.15) is 70.6 Å². The smallest absolute Gasteiger partial charge is 0.320 e. The summed E-state index contributed by atoms with van der Waals surface area (Å²) in [5.41, 5.74) is 31.1. The largest absolute Gasteiger partial charge is 0.480 e. The Labute approximate surface area is 419 Å². The Balaban J connectivity index is -0.0000000817. The number of aliphatic carboxylic acids is 6. The van der Waals surface area contributed by atoms with Crippen LogP contribution in [0.1, 0.15) is 38.5 Å². The van der Waals surface area contributed by atoms with Crippen molar-refractivity contribution >= 4 is 106 Å². The number of carbonyl (C=O) groups is 6. The molecular weight excluding hydrogens is 1110 g/mol. The summed E-state index contributed by atoms with van der Waals surface area (Å²) in [5.74, 6) is -0.600. The molecule has 0 saturated carbocycles. The first-order chi connectivity index (χ1) is 25.1. The third-order valence-corrected chi connectivity index (χ3v) is 9.56. The van der Waals surface area contributed by atoms with Crippen molar-refractivity contribution < 1.29 is 137 Å². The van der Waals surface area contributed by atoms with E-state index in [1.165, 1.54) is 0 Å². The predicted molar refractivity (Wildman–Crippen MR) is 232 cm³/mol. The number of carboxylic acid groups (broad SMARTS) is 6. The molecule has 0 rings (SSSR count). The van der Waals surface area contributed by atoms with Gasteiger partial charge in [0.25, 0.3) is 0 Å². The quantitative estimate of drug-likeness (QED) is 0.0639. The molecule has 56 heavy (non-hydrogen) atoms. The molecule has 331 valence electrons. The molecule has 6 atom stereocenters. The summed E-state index contributed by atoms with van der Waals surface area (Å²) < 4.78 is 0. The molecule has 0 aromatic carbocycles. The summed E-state index contributed by atoms with van der Waals surface area (Å²) in [6, 6.07) is -4.10. The molecular formula is C30H66CeLaN6O12S6. The van der Waals surface area contributed by atoms with Crippen LogP contribution in [0.5, 0.6) is 0 Å². The predicted octanol–water partition coefficient (Wildman–Crippen LogP) is 0.908. The molecule has 26 heteroatoms. The third kappa shape index (κ3) is 67.0. The Morgan fingerprint density at radius 1 is 0.339 bits per heavy atom. The van der Waals surface area contributed by atoms with E-state index in [1.807, 2.05) is 37.5 Å². The summed E-state index contributed by atoms with van der Waals surface area (Å²) in [5, 5.41) is 49.6. The van der Waals surface area contributed by atoms with Crippen LogP contribution in [-0.4, -0.2) is 175 Å².